The van der Waals surface area contributed by atoms with Gasteiger partial charge >= 0.3 is 0 Å². The molecule has 0 radical (unpaired) electrons. The molecular weight excluding hydrogens is 480 g/mol. The minimum Gasteiger partial charge on any atom is -0.497 e. The predicted molar refractivity (Wildman–Crippen MR) is 155 cm³/mol. The van der Waals surface area contributed by atoms with Crippen molar-refractivity contribution in [3.8, 4) is 23.0 Å². The van der Waals surface area contributed by atoms with Crippen LogP contribution in [0.4, 0.5) is 0 Å². The molecule has 0 aliphatic carbocycles. The van der Waals surface area contributed by atoms with Gasteiger partial charge in [-0.05, 0) is 82.9 Å². The molecule has 0 unspecified atom stereocenters. The van der Waals surface area contributed by atoms with E-state index in [1.807, 2.05) is 48.5 Å². The Balaban J connectivity index is 1.79. The standard InChI is InChI=1S/C32H30O4S/c1-33-27-13-5-23(6-14-27)21-31(25-9-17-29(35-3)18-10-25)37-32(26-11-19-30(36-4)20-12-26)22-24-7-15-28(34-2)16-8-24/h5-22H,1-4H3. The number of rotatable bonds is 10. The maximum Gasteiger partial charge on any atom is 0.118 e. The van der Waals surface area contributed by atoms with Gasteiger partial charge in [0.15, 0.2) is 0 Å². The number of hydrogen-bond donors (Lipinski definition) is 0. The molecule has 188 valence electrons. The third kappa shape index (κ3) is 6.99. The monoisotopic (exact) mass is 510 g/mol. The Morgan fingerprint density at radius 1 is 0.432 bits per heavy atom. The van der Waals surface area contributed by atoms with Crippen LogP contribution in [0.5, 0.6) is 23.0 Å². The number of ether oxygens (including phenoxy) is 4. The summed E-state index contributed by atoms with van der Waals surface area (Å²) in [5.74, 6) is 3.30. The molecule has 4 nitrogen and oxygen atoms in total. The summed E-state index contributed by atoms with van der Waals surface area (Å²) in [6.07, 6.45) is 4.38. The zero-order valence-corrected chi connectivity index (χ0v) is 22.3. The number of benzene rings is 4. The van der Waals surface area contributed by atoms with E-state index in [2.05, 4.69) is 60.7 Å². The van der Waals surface area contributed by atoms with Crippen LogP contribution in [0.3, 0.4) is 0 Å². The van der Waals surface area contributed by atoms with Crippen LogP contribution >= 0.6 is 11.8 Å². The summed E-state index contributed by atoms with van der Waals surface area (Å²) >= 11 is 1.71. The van der Waals surface area contributed by atoms with Crippen molar-refractivity contribution >= 4 is 33.7 Å². The highest BCUT2D eigenvalue weighted by molar-refractivity contribution is 8.16. The van der Waals surface area contributed by atoms with Crippen molar-refractivity contribution in [2.45, 2.75) is 0 Å². The lowest BCUT2D eigenvalue weighted by molar-refractivity contribution is 0.414. The number of thioether (sulfide) groups is 1. The Hall–Kier alpha value is -4.09. The average Bonchev–Trinajstić information content (AvgIpc) is 2.97. The molecule has 0 aliphatic heterocycles. The highest BCUT2D eigenvalue weighted by Gasteiger charge is 2.11. The van der Waals surface area contributed by atoms with Gasteiger partial charge in [0.05, 0.1) is 28.4 Å². The van der Waals surface area contributed by atoms with E-state index in [-0.39, 0.29) is 0 Å². The van der Waals surface area contributed by atoms with Crippen LogP contribution < -0.4 is 18.9 Å². The summed E-state index contributed by atoms with van der Waals surface area (Å²) < 4.78 is 21.5. The highest BCUT2D eigenvalue weighted by Crippen LogP contribution is 2.42. The second-order valence-corrected chi connectivity index (χ2v) is 9.21. The van der Waals surface area contributed by atoms with Gasteiger partial charge < -0.3 is 18.9 Å². The van der Waals surface area contributed by atoms with Crippen molar-refractivity contribution in [3.63, 3.8) is 0 Å². The SMILES string of the molecule is COc1ccc(C=C(SC(=Cc2ccc(OC)cc2)c2ccc(OC)cc2)c2ccc(OC)cc2)cc1. The van der Waals surface area contributed by atoms with E-state index in [0.717, 1.165) is 55.1 Å². The van der Waals surface area contributed by atoms with Gasteiger partial charge in [-0.25, -0.2) is 0 Å². The van der Waals surface area contributed by atoms with E-state index in [4.69, 9.17) is 18.9 Å². The van der Waals surface area contributed by atoms with Crippen LogP contribution in [0, 0.1) is 0 Å². The van der Waals surface area contributed by atoms with Gasteiger partial charge in [0, 0.05) is 9.81 Å². The Morgan fingerprint density at radius 2 is 0.703 bits per heavy atom. The number of hydrogen-bond acceptors (Lipinski definition) is 5. The first kappa shape index (κ1) is 26.0. The lowest BCUT2D eigenvalue weighted by Gasteiger charge is -2.14. The van der Waals surface area contributed by atoms with E-state index in [1.54, 1.807) is 40.2 Å². The fraction of sp³-hybridized carbons (Fsp3) is 0.125. The Bertz CT molecular complexity index is 1230. The summed E-state index contributed by atoms with van der Waals surface area (Å²) in [5, 5.41) is 0. The minimum atomic E-state index is 0.821. The van der Waals surface area contributed by atoms with Crippen LogP contribution in [0.1, 0.15) is 22.3 Å². The molecule has 0 bridgehead atoms. The lowest BCUT2D eigenvalue weighted by atomic mass is 10.1. The third-order valence-electron chi connectivity index (χ3n) is 5.80. The van der Waals surface area contributed by atoms with E-state index >= 15 is 0 Å². The first-order chi connectivity index (χ1) is 18.1. The van der Waals surface area contributed by atoms with Crippen molar-refractivity contribution in [1.29, 1.82) is 0 Å². The van der Waals surface area contributed by atoms with Crippen LogP contribution in [-0.4, -0.2) is 28.4 Å². The minimum absolute atomic E-state index is 0.821. The van der Waals surface area contributed by atoms with Crippen molar-refractivity contribution in [2.75, 3.05) is 28.4 Å². The topological polar surface area (TPSA) is 36.9 Å². The summed E-state index contributed by atoms with van der Waals surface area (Å²) in [6, 6.07) is 32.4. The fourth-order valence-corrected chi connectivity index (χ4v) is 4.81. The van der Waals surface area contributed by atoms with Crippen LogP contribution in [0.25, 0.3) is 22.0 Å². The molecule has 5 heteroatoms. The lowest BCUT2D eigenvalue weighted by Crippen LogP contribution is -1.88. The molecule has 4 rings (SSSR count). The normalized spacial score (nSPS) is 11.7. The molecule has 0 aromatic heterocycles. The Labute approximate surface area is 223 Å². The van der Waals surface area contributed by atoms with Gasteiger partial charge in [-0.2, -0.15) is 0 Å². The summed E-state index contributed by atoms with van der Waals surface area (Å²) in [7, 11) is 6.71. The van der Waals surface area contributed by atoms with E-state index in [1.165, 1.54) is 0 Å². The molecule has 0 saturated heterocycles. The summed E-state index contributed by atoms with van der Waals surface area (Å²) in [4.78, 5) is 2.20. The molecule has 0 aliphatic rings. The third-order valence-corrected chi connectivity index (χ3v) is 6.94. The summed E-state index contributed by atoms with van der Waals surface area (Å²) in [5.41, 5.74) is 4.35. The summed E-state index contributed by atoms with van der Waals surface area (Å²) in [6.45, 7) is 0. The zero-order chi connectivity index (χ0) is 26.0. The van der Waals surface area contributed by atoms with Crippen molar-refractivity contribution in [2.24, 2.45) is 0 Å². The first-order valence-corrected chi connectivity index (χ1v) is 12.6. The van der Waals surface area contributed by atoms with Crippen molar-refractivity contribution < 1.29 is 18.9 Å². The second kappa shape index (κ2) is 12.7. The fourth-order valence-electron chi connectivity index (χ4n) is 3.68. The van der Waals surface area contributed by atoms with Gasteiger partial charge in [-0.15, -0.1) is 0 Å². The van der Waals surface area contributed by atoms with Gasteiger partial charge in [0.25, 0.3) is 0 Å². The molecular formula is C32H30O4S. The van der Waals surface area contributed by atoms with Crippen molar-refractivity contribution in [1.82, 2.24) is 0 Å². The molecule has 0 fully saturated rings. The van der Waals surface area contributed by atoms with E-state index in [9.17, 15) is 0 Å². The molecule has 0 N–H and O–H groups in total. The largest absolute Gasteiger partial charge is 0.497 e. The maximum absolute atomic E-state index is 5.39. The number of methoxy groups -OCH3 is 4. The Kier molecular flexibility index (Phi) is 8.95. The second-order valence-electron chi connectivity index (χ2n) is 8.12. The quantitative estimate of drug-likeness (QED) is 0.201. The smallest absolute Gasteiger partial charge is 0.118 e. The molecule has 0 spiro atoms. The average molecular weight is 511 g/mol. The molecule has 4 aromatic rings. The molecule has 4 aromatic carbocycles. The van der Waals surface area contributed by atoms with Gasteiger partial charge in [0.2, 0.25) is 0 Å². The first-order valence-electron chi connectivity index (χ1n) is 11.8. The highest BCUT2D eigenvalue weighted by atomic mass is 32.2. The molecule has 0 heterocycles. The van der Waals surface area contributed by atoms with Crippen LogP contribution in [0.2, 0.25) is 0 Å². The van der Waals surface area contributed by atoms with Crippen molar-refractivity contribution in [3.05, 3.63) is 119 Å². The predicted octanol–water partition coefficient (Wildman–Crippen LogP) is 8.15. The van der Waals surface area contributed by atoms with E-state index in [0.29, 0.717) is 0 Å². The Morgan fingerprint density at radius 3 is 0.973 bits per heavy atom. The van der Waals surface area contributed by atoms with Gasteiger partial charge in [-0.3, -0.25) is 0 Å². The zero-order valence-electron chi connectivity index (χ0n) is 21.4. The van der Waals surface area contributed by atoms with Crippen LogP contribution in [0.15, 0.2) is 97.1 Å². The molecule has 0 amide bonds. The van der Waals surface area contributed by atoms with E-state index < -0.39 is 0 Å². The molecule has 0 saturated carbocycles. The molecule has 37 heavy (non-hydrogen) atoms. The van der Waals surface area contributed by atoms with Crippen LogP contribution in [-0.2, 0) is 0 Å². The van der Waals surface area contributed by atoms with Gasteiger partial charge in [0.1, 0.15) is 23.0 Å². The molecule has 0 atom stereocenters. The maximum atomic E-state index is 5.39. The van der Waals surface area contributed by atoms with Gasteiger partial charge in [-0.1, -0.05) is 60.3 Å².